The van der Waals surface area contributed by atoms with E-state index in [-0.39, 0.29) is 0 Å². The highest BCUT2D eigenvalue weighted by atomic mass is 32.2. The van der Waals surface area contributed by atoms with Crippen LogP contribution in [0, 0.1) is 0 Å². The molecule has 1 heterocycles. The molecule has 22 heavy (non-hydrogen) atoms. The number of esters is 1. The Labute approximate surface area is 140 Å². The SMILES string of the molecule is C=CCNC(=S)Nc1nc(SCCC)n(C)c1C(=O)OCC. The molecular weight excluding hydrogens is 320 g/mol. The molecule has 0 aliphatic carbocycles. The molecule has 1 rings (SSSR count). The van der Waals surface area contributed by atoms with Crippen molar-refractivity contribution < 1.29 is 9.53 Å². The van der Waals surface area contributed by atoms with Crippen LogP contribution in [0.5, 0.6) is 0 Å². The Bertz CT molecular complexity index is 543. The van der Waals surface area contributed by atoms with Gasteiger partial charge in [0.1, 0.15) is 0 Å². The van der Waals surface area contributed by atoms with Crippen molar-refractivity contribution in [1.82, 2.24) is 14.9 Å². The first-order valence-electron chi connectivity index (χ1n) is 7.07. The number of aromatic nitrogens is 2. The van der Waals surface area contributed by atoms with Crippen molar-refractivity contribution in [3.05, 3.63) is 18.3 Å². The van der Waals surface area contributed by atoms with Gasteiger partial charge in [0.25, 0.3) is 0 Å². The van der Waals surface area contributed by atoms with Crippen molar-refractivity contribution in [2.24, 2.45) is 7.05 Å². The highest BCUT2D eigenvalue weighted by Crippen LogP contribution is 2.25. The molecule has 0 fully saturated rings. The van der Waals surface area contributed by atoms with E-state index in [4.69, 9.17) is 17.0 Å². The predicted octanol–water partition coefficient (Wildman–Crippen LogP) is 2.57. The van der Waals surface area contributed by atoms with Crippen LogP contribution >= 0.6 is 24.0 Å². The first kappa shape index (κ1) is 18.5. The number of nitrogens with zero attached hydrogens (tertiary/aromatic N) is 2. The normalized spacial score (nSPS) is 10.1. The number of hydrogen-bond acceptors (Lipinski definition) is 5. The van der Waals surface area contributed by atoms with Gasteiger partial charge in [0.2, 0.25) is 0 Å². The molecule has 0 aliphatic heterocycles. The van der Waals surface area contributed by atoms with Gasteiger partial charge in [0.15, 0.2) is 21.8 Å². The summed E-state index contributed by atoms with van der Waals surface area (Å²) in [6.45, 7) is 8.31. The van der Waals surface area contributed by atoms with Crippen LogP contribution in [0.15, 0.2) is 17.8 Å². The van der Waals surface area contributed by atoms with Gasteiger partial charge in [-0.1, -0.05) is 24.8 Å². The first-order valence-corrected chi connectivity index (χ1v) is 8.46. The Hall–Kier alpha value is -1.54. The topological polar surface area (TPSA) is 68.2 Å². The Morgan fingerprint density at radius 3 is 2.86 bits per heavy atom. The van der Waals surface area contributed by atoms with Crippen LogP contribution in [-0.2, 0) is 11.8 Å². The average Bonchev–Trinajstić information content (AvgIpc) is 2.79. The van der Waals surface area contributed by atoms with Crippen molar-refractivity contribution >= 4 is 40.9 Å². The third kappa shape index (κ3) is 5.03. The summed E-state index contributed by atoms with van der Waals surface area (Å²) in [4.78, 5) is 16.6. The maximum Gasteiger partial charge on any atom is 0.358 e. The van der Waals surface area contributed by atoms with Gasteiger partial charge in [-0.05, 0) is 25.6 Å². The maximum absolute atomic E-state index is 12.2. The zero-order valence-electron chi connectivity index (χ0n) is 13.1. The van der Waals surface area contributed by atoms with E-state index in [1.807, 2.05) is 0 Å². The summed E-state index contributed by atoms with van der Waals surface area (Å²) in [5.41, 5.74) is 0.364. The van der Waals surface area contributed by atoms with Gasteiger partial charge in [-0.15, -0.1) is 6.58 Å². The Morgan fingerprint density at radius 1 is 1.55 bits per heavy atom. The molecule has 0 aliphatic rings. The number of thioether (sulfide) groups is 1. The quantitative estimate of drug-likeness (QED) is 0.326. The second-order valence-corrected chi connectivity index (χ2v) is 5.81. The lowest BCUT2D eigenvalue weighted by Gasteiger charge is -2.09. The first-order chi connectivity index (χ1) is 10.5. The molecule has 1 aromatic heterocycles. The Morgan fingerprint density at radius 2 is 2.27 bits per heavy atom. The third-order valence-corrected chi connectivity index (χ3v) is 4.08. The van der Waals surface area contributed by atoms with Gasteiger partial charge >= 0.3 is 5.97 Å². The number of carbonyl (C=O) groups excluding carboxylic acids is 1. The van der Waals surface area contributed by atoms with E-state index in [0.717, 1.165) is 17.3 Å². The van der Waals surface area contributed by atoms with Gasteiger partial charge in [0, 0.05) is 19.3 Å². The van der Waals surface area contributed by atoms with E-state index in [0.29, 0.717) is 29.8 Å². The maximum atomic E-state index is 12.2. The van der Waals surface area contributed by atoms with Crippen LogP contribution in [0.1, 0.15) is 30.8 Å². The molecule has 2 N–H and O–H groups in total. The molecule has 0 saturated heterocycles. The lowest BCUT2D eigenvalue weighted by molar-refractivity contribution is 0.0515. The van der Waals surface area contributed by atoms with Gasteiger partial charge in [-0.2, -0.15) is 0 Å². The summed E-state index contributed by atoms with van der Waals surface area (Å²) in [7, 11) is 1.79. The third-order valence-electron chi connectivity index (χ3n) is 2.60. The number of thiocarbonyl (C=S) groups is 1. The van der Waals surface area contributed by atoms with Crippen molar-refractivity contribution in [2.45, 2.75) is 25.4 Å². The standard InChI is InChI=1S/C14H22N4O2S2/c1-5-8-15-13(21)16-11-10(12(19)20-7-3)18(4)14(17-11)22-9-6-2/h5H,1,6-9H2,2-4H3,(H2,15,16,21). The van der Waals surface area contributed by atoms with Crippen LogP contribution in [-0.4, -0.2) is 39.5 Å². The van der Waals surface area contributed by atoms with E-state index in [1.54, 1.807) is 36.4 Å². The molecule has 6 nitrogen and oxygen atoms in total. The minimum absolute atomic E-state index is 0.306. The molecule has 8 heteroatoms. The minimum atomic E-state index is -0.421. The average molecular weight is 342 g/mol. The largest absolute Gasteiger partial charge is 0.461 e. The lowest BCUT2D eigenvalue weighted by Crippen LogP contribution is -2.29. The Balaban J connectivity index is 3.03. The molecule has 0 bridgehead atoms. The molecule has 122 valence electrons. The summed E-state index contributed by atoms with van der Waals surface area (Å²) >= 11 is 6.76. The number of ether oxygens (including phenoxy) is 1. The zero-order valence-corrected chi connectivity index (χ0v) is 14.8. The Kier molecular flexibility index (Phi) is 7.97. The van der Waals surface area contributed by atoms with Crippen LogP contribution < -0.4 is 10.6 Å². The molecule has 0 radical (unpaired) electrons. The lowest BCUT2D eigenvalue weighted by atomic mass is 10.4. The summed E-state index contributed by atoms with van der Waals surface area (Å²) in [6, 6.07) is 0. The molecule has 0 saturated carbocycles. The number of imidazole rings is 1. The van der Waals surface area contributed by atoms with Gasteiger partial charge in [0.05, 0.1) is 6.61 Å². The van der Waals surface area contributed by atoms with E-state index >= 15 is 0 Å². The van der Waals surface area contributed by atoms with E-state index in [1.165, 1.54) is 0 Å². The number of hydrogen-bond donors (Lipinski definition) is 2. The number of anilines is 1. The number of carbonyl (C=O) groups is 1. The summed E-state index contributed by atoms with van der Waals surface area (Å²) in [5.74, 6) is 0.905. The molecule has 0 amide bonds. The second-order valence-electron chi connectivity index (χ2n) is 4.34. The fourth-order valence-electron chi connectivity index (χ4n) is 1.64. The van der Waals surface area contributed by atoms with Crippen LogP contribution in [0.2, 0.25) is 0 Å². The molecular formula is C14H22N4O2S2. The van der Waals surface area contributed by atoms with Gasteiger partial charge in [-0.3, -0.25) is 0 Å². The van der Waals surface area contributed by atoms with Crippen molar-refractivity contribution in [3.63, 3.8) is 0 Å². The number of nitrogens with one attached hydrogen (secondary N) is 2. The fourth-order valence-corrected chi connectivity index (χ4v) is 2.64. The van der Waals surface area contributed by atoms with E-state index in [9.17, 15) is 4.79 Å². The molecule has 1 aromatic rings. The summed E-state index contributed by atoms with van der Waals surface area (Å²) in [6.07, 6.45) is 2.72. The van der Waals surface area contributed by atoms with Crippen molar-refractivity contribution in [3.8, 4) is 0 Å². The highest BCUT2D eigenvalue weighted by Gasteiger charge is 2.23. The van der Waals surface area contributed by atoms with Gasteiger partial charge < -0.3 is 19.9 Å². The number of rotatable bonds is 8. The zero-order chi connectivity index (χ0) is 16.5. The van der Waals surface area contributed by atoms with Crippen LogP contribution in [0.25, 0.3) is 0 Å². The minimum Gasteiger partial charge on any atom is -0.461 e. The fraction of sp³-hybridized carbons (Fsp3) is 0.500. The van der Waals surface area contributed by atoms with Gasteiger partial charge in [-0.25, -0.2) is 9.78 Å². The van der Waals surface area contributed by atoms with Crippen molar-refractivity contribution in [1.29, 1.82) is 0 Å². The second kappa shape index (κ2) is 9.47. The predicted molar refractivity (Wildman–Crippen MR) is 94.6 cm³/mol. The van der Waals surface area contributed by atoms with E-state index < -0.39 is 5.97 Å². The molecule has 0 unspecified atom stereocenters. The highest BCUT2D eigenvalue weighted by molar-refractivity contribution is 7.99. The van der Waals surface area contributed by atoms with E-state index in [2.05, 4.69) is 29.1 Å². The smallest absolute Gasteiger partial charge is 0.358 e. The van der Waals surface area contributed by atoms with Crippen LogP contribution in [0.3, 0.4) is 0 Å². The molecule has 0 spiro atoms. The summed E-state index contributed by atoms with van der Waals surface area (Å²) < 4.78 is 6.83. The summed E-state index contributed by atoms with van der Waals surface area (Å²) in [5, 5.41) is 7.03. The van der Waals surface area contributed by atoms with Crippen LogP contribution in [0.4, 0.5) is 5.82 Å². The van der Waals surface area contributed by atoms with Crippen molar-refractivity contribution in [2.75, 3.05) is 24.2 Å². The molecule has 0 aromatic carbocycles. The monoisotopic (exact) mass is 342 g/mol. The molecule has 0 atom stereocenters.